The minimum atomic E-state index is -0.0915. The van der Waals surface area contributed by atoms with Gasteiger partial charge in [0.05, 0.1) is 36.6 Å². The van der Waals surface area contributed by atoms with Gasteiger partial charge in [-0.3, -0.25) is 9.69 Å². The second kappa shape index (κ2) is 8.33. The van der Waals surface area contributed by atoms with E-state index in [2.05, 4.69) is 11.8 Å². The minimum Gasteiger partial charge on any atom is -0.378 e. The molecule has 3 heterocycles. The average molecular weight is 369 g/mol. The zero-order valence-electron chi connectivity index (χ0n) is 15.9. The third kappa shape index (κ3) is 3.98. The summed E-state index contributed by atoms with van der Waals surface area (Å²) in [5.74, 6) is 0.0550. The topological polar surface area (TPSA) is 54.9 Å². The molecule has 0 spiro atoms. The van der Waals surface area contributed by atoms with Crippen LogP contribution in [0.15, 0.2) is 30.3 Å². The number of amides is 1. The van der Waals surface area contributed by atoms with Gasteiger partial charge in [-0.15, -0.1) is 0 Å². The van der Waals surface area contributed by atoms with Crippen molar-refractivity contribution in [1.82, 2.24) is 14.8 Å². The van der Waals surface area contributed by atoms with Crippen molar-refractivity contribution in [2.75, 3.05) is 52.5 Å². The number of benzene rings is 1. The molecule has 2 saturated heterocycles. The van der Waals surface area contributed by atoms with Crippen molar-refractivity contribution in [3.05, 3.63) is 41.6 Å². The molecule has 0 aliphatic carbocycles. The van der Waals surface area contributed by atoms with Crippen molar-refractivity contribution >= 4 is 16.8 Å². The molecule has 2 aliphatic rings. The fraction of sp³-hybridized carbons (Fsp3) is 0.524. The molecule has 1 aromatic carbocycles. The molecule has 1 atom stereocenters. The van der Waals surface area contributed by atoms with Gasteiger partial charge >= 0.3 is 0 Å². The van der Waals surface area contributed by atoms with Crippen LogP contribution in [0, 0.1) is 0 Å². The summed E-state index contributed by atoms with van der Waals surface area (Å²) in [6.07, 6.45) is 1.03. The number of carbonyl (C=O) groups excluding carboxylic acids is 1. The zero-order chi connectivity index (χ0) is 18.6. The summed E-state index contributed by atoms with van der Waals surface area (Å²) in [6, 6.07) is 9.82. The Morgan fingerprint density at radius 2 is 2.00 bits per heavy atom. The minimum absolute atomic E-state index is 0.0550. The van der Waals surface area contributed by atoms with Gasteiger partial charge in [0, 0.05) is 31.6 Å². The summed E-state index contributed by atoms with van der Waals surface area (Å²) in [7, 11) is 0. The van der Waals surface area contributed by atoms with E-state index in [9.17, 15) is 4.79 Å². The standard InChI is InChI=1S/C21H27N3O3/c1-2-7-23-8-13-27-20(15-23)19-14-17(16-5-3-4-6-18(16)22-19)21(25)24-9-11-26-12-10-24/h3-6,14,20H,2,7-13,15H2,1H3/t20-/m0/s1. The molecule has 2 aromatic rings. The Hall–Kier alpha value is -2.02. The number of carbonyl (C=O) groups is 1. The molecule has 1 aromatic heterocycles. The highest BCUT2D eigenvalue weighted by atomic mass is 16.5. The number of fused-ring (bicyclic) bond motifs is 1. The van der Waals surface area contributed by atoms with Crippen molar-refractivity contribution < 1.29 is 14.3 Å². The van der Waals surface area contributed by atoms with Gasteiger partial charge in [0.25, 0.3) is 5.91 Å². The molecule has 0 bridgehead atoms. The second-order valence-corrected chi connectivity index (χ2v) is 7.18. The Bertz CT molecular complexity index is 802. The summed E-state index contributed by atoms with van der Waals surface area (Å²) in [5, 5.41) is 0.902. The summed E-state index contributed by atoms with van der Waals surface area (Å²) in [6.45, 7) is 8.20. The van der Waals surface area contributed by atoms with Crippen LogP contribution in [0.25, 0.3) is 10.9 Å². The lowest BCUT2D eigenvalue weighted by atomic mass is 10.0. The molecule has 6 nitrogen and oxygen atoms in total. The smallest absolute Gasteiger partial charge is 0.254 e. The van der Waals surface area contributed by atoms with Gasteiger partial charge in [-0.25, -0.2) is 4.98 Å². The van der Waals surface area contributed by atoms with Gasteiger partial charge in [-0.05, 0) is 25.1 Å². The van der Waals surface area contributed by atoms with Crippen LogP contribution in [0.2, 0.25) is 0 Å². The third-order valence-electron chi connectivity index (χ3n) is 5.28. The lowest BCUT2D eigenvalue weighted by Gasteiger charge is -2.33. The third-order valence-corrected chi connectivity index (χ3v) is 5.28. The van der Waals surface area contributed by atoms with E-state index in [4.69, 9.17) is 14.5 Å². The maximum absolute atomic E-state index is 13.2. The van der Waals surface area contributed by atoms with Crippen molar-refractivity contribution in [3.63, 3.8) is 0 Å². The fourth-order valence-electron chi connectivity index (χ4n) is 3.88. The SMILES string of the molecule is CCCN1CCO[C@H](c2cc(C(=O)N3CCOCC3)c3ccccc3n2)C1. The molecule has 0 N–H and O–H groups in total. The van der Waals surface area contributed by atoms with Gasteiger partial charge < -0.3 is 14.4 Å². The molecule has 4 rings (SSSR count). The zero-order valence-corrected chi connectivity index (χ0v) is 15.9. The van der Waals surface area contributed by atoms with E-state index < -0.39 is 0 Å². The molecular weight excluding hydrogens is 342 g/mol. The summed E-state index contributed by atoms with van der Waals surface area (Å²) < 4.78 is 11.4. The summed E-state index contributed by atoms with van der Waals surface area (Å²) in [4.78, 5) is 22.3. The van der Waals surface area contributed by atoms with Crippen LogP contribution in [0.5, 0.6) is 0 Å². The normalized spacial score (nSPS) is 21.5. The maximum atomic E-state index is 13.2. The van der Waals surface area contributed by atoms with E-state index in [1.165, 1.54) is 0 Å². The first-order valence-corrected chi connectivity index (χ1v) is 9.87. The van der Waals surface area contributed by atoms with Crippen molar-refractivity contribution in [3.8, 4) is 0 Å². The van der Waals surface area contributed by atoms with Gasteiger partial charge in [-0.1, -0.05) is 25.1 Å². The number of pyridine rings is 1. The van der Waals surface area contributed by atoms with Crippen LogP contribution in [-0.2, 0) is 9.47 Å². The van der Waals surface area contributed by atoms with E-state index in [1.54, 1.807) is 0 Å². The van der Waals surface area contributed by atoms with Crippen LogP contribution >= 0.6 is 0 Å². The predicted molar refractivity (Wildman–Crippen MR) is 104 cm³/mol. The van der Waals surface area contributed by atoms with Crippen LogP contribution in [0.1, 0.15) is 35.5 Å². The monoisotopic (exact) mass is 369 g/mol. The highest BCUT2D eigenvalue weighted by molar-refractivity contribution is 6.06. The van der Waals surface area contributed by atoms with Crippen LogP contribution in [0.4, 0.5) is 0 Å². The van der Waals surface area contributed by atoms with Crippen molar-refractivity contribution in [1.29, 1.82) is 0 Å². The first-order valence-electron chi connectivity index (χ1n) is 9.87. The van der Waals surface area contributed by atoms with Gasteiger partial charge in [-0.2, -0.15) is 0 Å². The molecule has 1 amide bonds. The number of nitrogens with zero attached hydrogens (tertiary/aromatic N) is 3. The number of ether oxygens (including phenoxy) is 2. The predicted octanol–water partition coefficient (Wildman–Crippen LogP) is 2.49. The number of hydrogen-bond acceptors (Lipinski definition) is 5. The number of para-hydroxylation sites is 1. The molecule has 0 unspecified atom stereocenters. The molecule has 27 heavy (non-hydrogen) atoms. The lowest BCUT2D eigenvalue weighted by molar-refractivity contribution is -0.0318. The quantitative estimate of drug-likeness (QED) is 0.829. The number of hydrogen-bond donors (Lipinski definition) is 0. The second-order valence-electron chi connectivity index (χ2n) is 7.18. The van der Waals surface area contributed by atoms with Crippen molar-refractivity contribution in [2.45, 2.75) is 19.4 Å². The van der Waals surface area contributed by atoms with E-state index in [0.717, 1.165) is 42.7 Å². The fourth-order valence-corrected chi connectivity index (χ4v) is 3.88. The van der Waals surface area contributed by atoms with Crippen LogP contribution in [0.3, 0.4) is 0 Å². The van der Waals surface area contributed by atoms with Gasteiger partial charge in [0.2, 0.25) is 0 Å². The Kier molecular flexibility index (Phi) is 5.66. The molecule has 0 radical (unpaired) electrons. The lowest BCUT2D eigenvalue weighted by Crippen LogP contribution is -2.41. The van der Waals surface area contributed by atoms with Gasteiger partial charge in [0.1, 0.15) is 6.10 Å². The maximum Gasteiger partial charge on any atom is 0.254 e. The van der Waals surface area contributed by atoms with Crippen molar-refractivity contribution in [2.24, 2.45) is 0 Å². The largest absolute Gasteiger partial charge is 0.378 e. The van der Waals surface area contributed by atoms with E-state index in [-0.39, 0.29) is 12.0 Å². The number of morpholine rings is 2. The highest BCUT2D eigenvalue weighted by Crippen LogP contribution is 2.27. The molecule has 0 saturated carbocycles. The number of aromatic nitrogens is 1. The molecule has 2 aliphatic heterocycles. The Morgan fingerprint density at radius 1 is 1.19 bits per heavy atom. The number of rotatable bonds is 4. The molecular formula is C21H27N3O3. The summed E-state index contributed by atoms with van der Waals surface area (Å²) >= 11 is 0. The average Bonchev–Trinajstić information content (AvgIpc) is 2.73. The highest BCUT2D eigenvalue weighted by Gasteiger charge is 2.26. The van der Waals surface area contributed by atoms with Gasteiger partial charge in [0.15, 0.2) is 0 Å². The first kappa shape index (κ1) is 18.3. The molecule has 144 valence electrons. The van der Waals surface area contributed by atoms with E-state index >= 15 is 0 Å². The molecule has 6 heteroatoms. The summed E-state index contributed by atoms with van der Waals surface area (Å²) in [5.41, 5.74) is 2.42. The van der Waals surface area contributed by atoms with E-state index in [1.807, 2.05) is 35.2 Å². The Labute approximate surface area is 160 Å². The Morgan fingerprint density at radius 3 is 2.81 bits per heavy atom. The molecule has 2 fully saturated rings. The first-order chi connectivity index (χ1) is 13.3. The Balaban J connectivity index is 1.69. The van der Waals surface area contributed by atoms with E-state index in [0.29, 0.717) is 38.5 Å². The van der Waals surface area contributed by atoms with Crippen LogP contribution in [-0.4, -0.2) is 73.2 Å². The van der Waals surface area contributed by atoms with Crippen LogP contribution < -0.4 is 0 Å².